The van der Waals surface area contributed by atoms with Gasteiger partial charge in [-0.3, -0.25) is 4.57 Å². The van der Waals surface area contributed by atoms with Gasteiger partial charge in [-0.2, -0.15) is 0 Å². The van der Waals surface area contributed by atoms with Crippen LogP contribution in [0.5, 0.6) is 11.5 Å². The number of hydrogen-bond donors (Lipinski definition) is 0. The Bertz CT molecular complexity index is 3620. The van der Waals surface area contributed by atoms with Crippen LogP contribution in [-0.2, 0) is 0 Å². The average Bonchev–Trinajstić information content (AvgIpc) is 4.02. The van der Waals surface area contributed by atoms with E-state index in [0.29, 0.717) is 18.0 Å². The second kappa shape index (κ2) is 16.1. The van der Waals surface area contributed by atoms with E-state index in [0.717, 1.165) is 72.7 Å². The zero-order valence-electron chi connectivity index (χ0n) is 37.9. The first kappa shape index (κ1) is 40.4. The van der Waals surface area contributed by atoms with Crippen molar-refractivity contribution in [1.82, 2.24) is 14.1 Å². The minimum absolute atomic E-state index is 0.174. The number of aromatic nitrogens is 3. The summed E-state index contributed by atoms with van der Waals surface area (Å²) in [6.07, 6.45) is 1.84. The van der Waals surface area contributed by atoms with Crippen molar-refractivity contribution in [2.45, 2.75) is 39.5 Å². The summed E-state index contributed by atoms with van der Waals surface area (Å²) in [6.45, 7) is 9.50. The van der Waals surface area contributed by atoms with Gasteiger partial charge in [0.15, 0.2) is 0 Å². The third kappa shape index (κ3) is 6.72. The van der Waals surface area contributed by atoms with Gasteiger partial charge in [0.2, 0.25) is 0 Å². The molecule has 67 heavy (non-hydrogen) atoms. The molecule has 0 fully saturated rings. The SMILES string of the molecule is CC(C)c1cc(-c2ccccc2F)cc(C(C)C)c1N1CN(c2cc(Oc3ccc4c5ccccc5n(-c5ccccn5)c4c3)cc(-n3c4ccccc4c4ccccc43)c2)c2ccccc21. The summed E-state index contributed by atoms with van der Waals surface area (Å²) in [4.78, 5) is 9.64. The lowest BCUT2D eigenvalue weighted by molar-refractivity contribution is 0.483. The van der Waals surface area contributed by atoms with Gasteiger partial charge in [-0.05, 0) is 107 Å². The molecule has 12 rings (SSSR count). The van der Waals surface area contributed by atoms with E-state index in [1.807, 2.05) is 36.5 Å². The van der Waals surface area contributed by atoms with E-state index in [-0.39, 0.29) is 17.7 Å². The van der Waals surface area contributed by atoms with E-state index in [2.05, 4.69) is 192 Å². The van der Waals surface area contributed by atoms with Crippen LogP contribution in [0, 0.1) is 5.82 Å². The minimum Gasteiger partial charge on any atom is -0.457 e. The molecule has 0 saturated heterocycles. The average molecular weight is 874 g/mol. The standard InChI is InChI=1S/C60H48FN5O/c1-38(2)50-31-40(45-17-5-9-21-52(45)61)32-51(39(3)4)60(50)64-37-63(56-25-13-14-26-57(56)64)41-33-42(65-53-22-10-6-18-46(53)47-19-7-11-23-54(47)65)35-44(34-41)67-43-28-29-49-48-20-8-12-24-55(48)66(58(49)36-43)59-27-15-16-30-62-59/h5-36,38-39H,37H2,1-4H3. The van der Waals surface area contributed by atoms with Gasteiger partial charge in [-0.15, -0.1) is 0 Å². The van der Waals surface area contributed by atoms with Crippen molar-refractivity contribution in [2.75, 3.05) is 16.5 Å². The van der Waals surface area contributed by atoms with Crippen LogP contribution in [0.1, 0.15) is 50.7 Å². The summed E-state index contributed by atoms with van der Waals surface area (Å²) in [6, 6.07) is 64.9. The summed E-state index contributed by atoms with van der Waals surface area (Å²) in [5.41, 5.74) is 13.6. The van der Waals surface area contributed by atoms with Gasteiger partial charge in [-0.25, -0.2) is 9.37 Å². The van der Waals surface area contributed by atoms with Crippen molar-refractivity contribution in [3.05, 3.63) is 211 Å². The number of fused-ring (bicyclic) bond motifs is 7. The fourth-order valence-corrected chi connectivity index (χ4v) is 10.3. The van der Waals surface area contributed by atoms with Gasteiger partial charge in [0.1, 0.15) is 29.8 Å². The number of ether oxygens (including phenoxy) is 1. The highest BCUT2D eigenvalue weighted by atomic mass is 19.1. The Morgan fingerprint density at radius 3 is 1.66 bits per heavy atom. The van der Waals surface area contributed by atoms with Crippen LogP contribution >= 0.6 is 0 Å². The number of pyridine rings is 1. The van der Waals surface area contributed by atoms with E-state index in [1.165, 1.54) is 27.6 Å². The Hall–Kier alpha value is -8.16. The lowest BCUT2D eigenvalue weighted by Gasteiger charge is -2.30. The maximum Gasteiger partial charge on any atom is 0.137 e. The highest BCUT2D eigenvalue weighted by Gasteiger charge is 2.33. The minimum atomic E-state index is -0.214. The molecule has 6 nitrogen and oxygen atoms in total. The topological polar surface area (TPSA) is 38.5 Å². The highest BCUT2D eigenvalue weighted by Crippen LogP contribution is 2.50. The van der Waals surface area contributed by atoms with Gasteiger partial charge in [0, 0.05) is 62.9 Å². The molecule has 326 valence electrons. The number of hydrogen-bond acceptors (Lipinski definition) is 4. The maximum atomic E-state index is 15.4. The first-order valence-corrected chi connectivity index (χ1v) is 23.1. The zero-order valence-corrected chi connectivity index (χ0v) is 37.9. The van der Waals surface area contributed by atoms with E-state index >= 15 is 4.39 Å². The predicted molar refractivity (Wildman–Crippen MR) is 275 cm³/mol. The molecule has 4 heterocycles. The molecular formula is C60H48FN5O. The number of halogens is 1. The number of nitrogens with zero attached hydrogens (tertiary/aromatic N) is 5. The Morgan fingerprint density at radius 2 is 1.03 bits per heavy atom. The molecule has 0 N–H and O–H groups in total. The summed E-state index contributed by atoms with van der Waals surface area (Å²) in [5.74, 6) is 2.42. The molecule has 0 aliphatic carbocycles. The van der Waals surface area contributed by atoms with Gasteiger partial charge in [0.05, 0.1) is 39.1 Å². The first-order chi connectivity index (χ1) is 32.8. The quantitative estimate of drug-likeness (QED) is 0.145. The molecule has 11 aromatic rings. The van der Waals surface area contributed by atoms with Gasteiger partial charge >= 0.3 is 0 Å². The predicted octanol–water partition coefficient (Wildman–Crippen LogP) is 16.4. The van der Waals surface area contributed by atoms with Crippen molar-refractivity contribution in [3.8, 4) is 34.1 Å². The van der Waals surface area contributed by atoms with Crippen LogP contribution in [0.4, 0.5) is 27.1 Å². The number of para-hydroxylation sites is 5. The maximum absolute atomic E-state index is 15.4. The van der Waals surface area contributed by atoms with Gasteiger partial charge < -0.3 is 19.1 Å². The fraction of sp³-hybridized carbons (Fsp3) is 0.117. The molecule has 0 atom stereocenters. The van der Waals surface area contributed by atoms with Gasteiger partial charge in [0.25, 0.3) is 0 Å². The molecule has 8 aromatic carbocycles. The monoisotopic (exact) mass is 873 g/mol. The van der Waals surface area contributed by atoms with Crippen LogP contribution in [0.2, 0.25) is 0 Å². The molecule has 1 aliphatic heterocycles. The largest absolute Gasteiger partial charge is 0.457 e. The molecule has 3 aromatic heterocycles. The molecule has 0 bridgehead atoms. The molecule has 0 amide bonds. The van der Waals surface area contributed by atoms with Crippen LogP contribution < -0.4 is 14.5 Å². The third-order valence-electron chi connectivity index (χ3n) is 13.4. The van der Waals surface area contributed by atoms with Crippen LogP contribution in [-0.4, -0.2) is 20.8 Å². The van der Waals surface area contributed by atoms with Gasteiger partial charge in [-0.1, -0.05) is 119 Å². The highest BCUT2D eigenvalue weighted by molar-refractivity contribution is 6.10. The zero-order chi connectivity index (χ0) is 45.3. The Balaban J connectivity index is 1.04. The third-order valence-corrected chi connectivity index (χ3v) is 13.4. The number of anilines is 4. The normalized spacial score (nSPS) is 12.7. The Kier molecular flexibility index (Phi) is 9.68. The summed E-state index contributed by atoms with van der Waals surface area (Å²) in [7, 11) is 0. The lowest BCUT2D eigenvalue weighted by Crippen LogP contribution is -2.26. The van der Waals surface area contributed by atoms with Crippen molar-refractivity contribution < 1.29 is 9.13 Å². The summed E-state index contributed by atoms with van der Waals surface area (Å²) in [5, 5.41) is 4.67. The summed E-state index contributed by atoms with van der Waals surface area (Å²) < 4.78 is 27.1. The Morgan fingerprint density at radius 1 is 0.478 bits per heavy atom. The second-order valence-electron chi connectivity index (χ2n) is 18.2. The molecular weight excluding hydrogens is 826 g/mol. The molecule has 7 heteroatoms. The lowest BCUT2D eigenvalue weighted by atomic mass is 9.87. The van der Waals surface area contributed by atoms with Crippen molar-refractivity contribution in [3.63, 3.8) is 0 Å². The molecule has 0 saturated carbocycles. The van der Waals surface area contributed by atoms with Crippen molar-refractivity contribution >= 4 is 66.4 Å². The van der Waals surface area contributed by atoms with Crippen LogP contribution in [0.25, 0.3) is 66.2 Å². The van der Waals surface area contributed by atoms with E-state index in [1.54, 1.807) is 12.1 Å². The van der Waals surface area contributed by atoms with Crippen molar-refractivity contribution in [2.24, 2.45) is 0 Å². The second-order valence-corrected chi connectivity index (χ2v) is 18.2. The number of benzene rings is 8. The molecule has 0 unspecified atom stereocenters. The van der Waals surface area contributed by atoms with E-state index < -0.39 is 0 Å². The summed E-state index contributed by atoms with van der Waals surface area (Å²) >= 11 is 0. The molecule has 0 spiro atoms. The van der Waals surface area contributed by atoms with Crippen LogP contribution in [0.3, 0.4) is 0 Å². The molecule has 0 radical (unpaired) electrons. The van der Waals surface area contributed by atoms with Crippen molar-refractivity contribution in [1.29, 1.82) is 0 Å². The Labute approximate surface area is 389 Å². The van der Waals surface area contributed by atoms with E-state index in [4.69, 9.17) is 9.72 Å². The first-order valence-electron chi connectivity index (χ1n) is 23.1. The fourth-order valence-electron chi connectivity index (χ4n) is 10.3. The molecule has 1 aliphatic rings. The van der Waals surface area contributed by atoms with Crippen LogP contribution in [0.15, 0.2) is 194 Å². The smallest absolute Gasteiger partial charge is 0.137 e. The number of rotatable bonds is 9. The van der Waals surface area contributed by atoms with E-state index in [9.17, 15) is 0 Å².